The first-order chi connectivity index (χ1) is 6.56. The van der Waals surface area contributed by atoms with Crippen molar-refractivity contribution in [2.75, 3.05) is 7.11 Å². The number of esters is 1. The van der Waals surface area contributed by atoms with Crippen LogP contribution in [0.25, 0.3) is 0 Å². The van der Waals surface area contributed by atoms with Gasteiger partial charge in [-0.3, -0.25) is 10.1 Å². The number of rotatable bonds is 2. The minimum atomic E-state index is -1.31. The molecule has 1 aromatic heterocycles. The second-order valence-corrected chi connectivity index (χ2v) is 2.26. The van der Waals surface area contributed by atoms with Crippen molar-refractivity contribution >= 4 is 11.7 Å². The van der Waals surface area contributed by atoms with E-state index >= 15 is 0 Å². The molecular weight excluding hydrogens is 195 g/mol. The standard InChI is InChI=1S/C7H5FN2O4/c1-14-7(11)4-2-3-5(10(12)13)6(8)9-4/h2-3H,1H3. The average Bonchev–Trinajstić information content (AvgIpc) is 2.15. The molecule has 0 bridgehead atoms. The van der Waals surface area contributed by atoms with Crippen LogP contribution in [0.2, 0.25) is 0 Å². The lowest BCUT2D eigenvalue weighted by molar-refractivity contribution is -0.388. The lowest BCUT2D eigenvalue weighted by Crippen LogP contribution is -2.06. The third kappa shape index (κ3) is 1.82. The number of methoxy groups -OCH3 is 1. The van der Waals surface area contributed by atoms with E-state index in [0.717, 1.165) is 19.2 Å². The molecule has 1 aromatic rings. The highest BCUT2D eigenvalue weighted by molar-refractivity contribution is 5.87. The third-order valence-corrected chi connectivity index (χ3v) is 1.42. The van der Waals surface area contributed by atoms with E-state index in [-0.39, 0.29) is 5.69 Å². The quantitative estimate of drug-likeness (QED) is 0.306. The lowest BCUT2D eigenvalue weighted by Gasteiger charge is -1.97. The van der Waals surface area contributed by atoms with Gasteiger partial charge >= 0.3 is 11.7 Å². The summed E-state index contributed by atoms with van der Waals surface area (Å²) in [6, 6.07) is 1.88. The zero-order chi connectivity index (χ0) is 10.7. The number of hydrogen-bond donors (Lipinski definition) is 0. The molecule has 0 spiro atoms. The number of carbonyl (C=O) groups is 1. The normalized spacial score (nSPS) is 9.57. The van der Waals surface area contributed by atoms with Gasteiger partial charge in [0.05, 0.1) is 12.0 Å². The number of aromatic nitrogens is 1. The Morgan fingerprint density at radius 2 is 2.29 bits per heavy atom. The topological polar surface area (TPSA) is 82.3 Å². The molecule has 7 heteroatoms. The fraction of sp³-hybridized carbons (Fsp3) is 0.143. The van der Waals surface area contributed by atoms with Crippen LogP contribution < -0.4 is 0 Å². The molecule has 6 nitrogen and oxygen atoms in total. The second-order valence-electron chi connectivity index (χ2n) is 2.26. The van der Waals surface area contributed by atoms with Gasteiger partial charge in [-0.1, -0.05) is 0 Å². The van der Waals surface area contributed by atoms with Gasteiger partial charge < -0.3 is 4.74 Å². The molecule has 0 unspecified atom stereocenters. The van der Waals surface area contributed by atoms with Crippen molar-refractivity contribution in [2.24, 2.45) is 0 Å². The summed E-state index contributed by atoms with van der Waals surface area (Å²) in [5.41, 5.74) is -1.09. The number of ether oxygens (including phenoxy) is 1. The molecule has 0 aliphatic heterocycles. The van der Waals surface area contributed by atoms with Crippen molar-refractivity contribution in [1.29, 1.82) is 0 Å². The first kappa shape index (κ1) is 10.0. The van der Waals surface area contributed by atoms with Crippen LogP contribution in [0.1, 0.15) is 10.5 Å². The zero-order valence-corrected chi connectivity index (χ0v) is 7.06. The third-order valence-electron chi connectivity index (χ3n) is 1.42. The average molecular weight is 200 g/mol. The molecular formula is C7H5FN2O4. The Kier molecular flexibility index (Phi) is 2.70. The molecule has 0 amide bonds. The van der Waals surface area contributed by atoms with Crippen LogP contribution in [-0.2, 0) is 4.74 Å². The molecule has 0 aliphatic rings. The van der Waals surface area contributed by atoms with E-state index in [4.69, 9.17) is 0 Å². The predicted molar refractivity (Wildman–Crippen MR) is 42.2 cm³/mol. The summed E-state index contributed by atoms with van der Waals surface area (Å²) in [5.74, 6) is -2.16. The van der Waals surface area contributed by atoms with Crippen LogP contribution in [0.4, 0.5) is 10.1 Å². The van der Waals surface area contributed by atoms with Gasteiger partial charge in [-0.05, 0) is 6.07 Å². The van der Waals surface area contributed by atoms with Gasteiger partial charge in [-0.25, -0.2) is 9.78 Å². The smallest absolute Gasteiger partial charge is 0.356 e. The molecule has 0 aromatic carbocycles. The van der Waals surface area contributed by atoms with E-state index in [2.05, 4.69) is 9.72 Å². The SMILES string of the molecule is COC(=O)c1ccc([N+](=O)[O-])c(F)n1. The van der Waals surface area contributed by atoms with Crippen LogP contribution in [0, 0.1) is 16.1 Å². The fourth-order valence-corrected chi connectivity index (χ4v) is 0.781. The molecule has 1 rings (SSSR count). The van der Waals surface area contributed by atoms with E-state index in [9.17, 15) is 19.3 Å². The maximum Gasteiger partial charge on any atom is 0.356 e. The molecule has 74 valence electrons. The van der Waals surface area contributed by atoms with Crippen LogP contribution in [-0.4, -0.2) is 23.0 Å². The van der Waals surface area contributed by atoms with Crippen molar-refractivity contribution in [3.63, 3.8) is 0 Å². The van der Waals surface area contributed by atoms with Crippen molar-refractivity contribution < 1.29 is 18.8 Å². The first-order valence-electron chi connectivity index (χ1n) is 3.45. The zero-order valence-electron chi connectivity index (χ0n) is 7.06. The Hall–Kier alpha value is -2.05. The Bertz CT molecular complexity index is 393. The lowest BCUT2D eigenvalue weighted by atomic mass is 10.3. The molecule has 0 radical (unpaired) electrons. The van der Waals surface area contributed by atoms with Gasteiger partial charge in [0, 0.05) is 6.07 Å². The molecule has 0 N–H and O–H groups in total. The number of nitro groups is 1. The van der Waals surface area contributed by atoms with Gasteiger partial charge in [0.25, 0.3) is 5.95 Å². The van der Waals surface area contributed by atoms with E-state index in [1.54, 1.807) is 0 Å². The van der Waals surface area contributed by atoms with Crippen LogP contribution in [0.3, 0.4) is 0 Å². The Labute approximate surface area is 77.5 Å². The van der Waals surface area contributed by atoms with Crippen molar-refractivity contribution in [1.82, 2.24) is 4.98 Å². The van der Waals surface area contributed by atoms with Gasteiger partial charge in [0.2, 0.25) is 0 Å². The Balaban J connectivity index is 3.12. The number of nitrogens with zero attached hydrogens (tertiary/aromatic N) is 2. The Morgan fingerprint density at radius 1 is 1.64 bits per heavy atom. The summed E-state index contributed by atoms with van der Waals surface area (Å²) in [4.78, 5) is 23.2. The van der Waals surface area contributed by atoms with Gasteiger partial charge in [0.15, 0.2) is 5.69 Å². The highest BCUT2D eigenvalue weighted by Crippen LogP contribution is 2.14. The minimum absolute atomic E-state index is 0.310. The van der Waals surface area contributed by atoms with E-state index in [1.807, 2.05) is 0 Å². The van der Waals surface area contributed by atoms with Crippen LogP contribution >= 0.6 is 0 Å². The summed E-state index contributed by atoms with van der Waals surface area (Å²) in [6.45, 7) is 0. The molecule has 1 heterocycles. The van der Waals surface area contributed by atoms with E-state index in [0.29, 0.717) is 0 Å². The van der Waals surface area contributed by atoms with Crippen molar-refractivity contribution in [3.05, 3.63) is 33.9 Å². The van der Waals surface area contributed by atoms with Gasteiger partial charge in [0.1, 0.15) is 0 Å². The molecule has 0 aliphatic carbocycles. The van der Waals surface area contributed by atoms with Crippen molar-refractivity contribution in [2.45, 2.75) is 0 Å². The molecule has 0 saturated heterocycles. The number of carbonyl (C=O) groups excluding carboxylic acids is 1. The molecule has 0 atom stereocenters. The second kappa shape index (κ2) is 3.77. The first-order valence-corrected chi connectivity index (χ1v) is 3.45. The van der Waals surface area contributed by atoms with Gasteiger partial charge in [-0.2, -0.15) is 4.39 Å². The maximum absolute atomic E-state index is 12.8. The molecule has 0 saturated carbocycles. The largest absolute Gasteiger partial charge is 0.464 e. The van der Waals surface area contributed by atoms with Crippen LogP contribution in [0.15, 0.2) is 12.1 Å². The fourth-order valence-electron chi connectivity index (χ4n) is 0.781. The monoisotopic (exact) mass is 200 g/mol. The molecule has 0 fully saturated rings. The number of pyridine rings is 1. The maximum atomic E-state index is 12.8. The predicted octanol–water partition coefficient (Wildman–Crippen LogP) is 0.915. The van der Waals surface area contributed by atoms with Crippen molar-refractivity contribution in [3.8, 4) is 0 Å². The summed E-state index contributed by atoms with van der Waals surface area (Å²) >= 11 is 0. The van der Waals surface area contributed by atoms with Crippen LogP contribution in [0.5, 0.6) is 0 Å². The Morgan fingerprint density at radius 3 is 2.71 bits per heavy atom. The summed E-state index contributed by atoms with van der Waals surface area (Å²) in [6.07, 6.45) is 0. The minimum Gasteiger partial charge on any atom is -0.464 e. The summed E-state index contributed by atoms with van der Waals surface area (Å²) in [5, 5.41) is 10.2. The summed E-state index contributed by atoms with van der Waals surface area (Å²) in [7, 11) is 1.10. The summed E-state index contributed by atoms with van der Waals surface area (Å²) < 4.78 is 17.1. The number of halogens is 1. The highest BCUT2D eigenvalue weighted by Gasteiger charge is 2.18. The highest BCUT2D eigenvalue weighted by atomic mass is 19.1. The van der Waals surface area contributed by atoms with E-state index in [1.165, 1.54) is 0 Å². The molecule has 14 heavy (non-hydrogen) atoms. The van der Waals surface area contributed by atoms with E-state index < -0.39 is 22.5 Å². The van der Waals surface area contributed by atoms with Gasteiger partial charge in [-0.15, -0.1) is 0 Å². The number of hydrogen-bond acceptors (Lipinski definition) is 5.